The molecule has 8 unspecified atom stereocenters. The number of carbonyl (C=O) groups excluding carboxylic acids is 2. The molecule has 0 saturated carbocycles. The van der Waals surface area contributed by atoms with E-state index < -0.39 is 26.5 Å². The highest BCUT2D eigenvalue weighted by atomic mass is 31.2. The first-order chi connectivity index (χ1) is 27.6. The third-order valence-corrected chi connectivity index (χ3v) is 12.7. The maximum Gasteiger partial charge on any atom is 0.472 e. The second-order valence-corrected chi connectivity index (χ2v) is 22.4. The third kappa shape index (κ3) is 38.4. The fourth-order valence-electron chi connectivity index (χ4n) is 7.76. The SMILES string of the molecule is CC(C)CCCC(C)CCCC(C)CCCC(C)CC(=O)OCC(COP(=O)(O)OCCNC(C)(C)C)OC(=O)CC(C)CCCC(C)CCCC(C)CCCC(C)C. The number of phosphoric ester groups is 1. The molecule has 0 fully saturated rings. The van der Waals surface area contributed by atoms with Gasteiger partial charge in [-0.15, -0.1) is 0 Å². The smallest absolute Gasteiger partial charge is 0.462 e. The summed E-state index contributed by atoms with van der Waals surface area (Å²) in [5.41, 5.74) is -0.172. The van der Waals surface area contributed by atoms with Crippen LogP contribution in [0.2, 0.25) is 0 Å². The van der Waals surface area contributed by atoms with E-state index in [1.54, 1.807) is 0 Å². The summed E-state index contributed by atoms with van der Waals surface area (Å²) in [7, 11) is -4.43. The molecule has 352 valence electrons. The molecule has 0 saturated heterocycles. The normalized spacial score (nSPS) is 16.9. The summed E-state index contributed by atoms with van der Waals surface area (Å²) >= 11 is 0. The number of esters is 2. The van der Waals surface area contributed by atoms with Crippen LogP contribution in [0.15, 0.2) is 0 Å². The van der Waals surface area contributed by atoms with Crippen LogP contribution in [0.5, 0.6) is 0 Å². The van der Waals surface area contributed by atoms with E-state index in [0.29, 0.717) is 18.4 Å². The Morgan fingerprint density at radius 2 is 0.881 bits per heavy atom. The Hall–Kier alpha value is -0.990. The topological polar surface area (TPSA) is 120 Å². The summed E-state index contributed by atoms with van der Waals surface area (Å²) in [4.78, 5) is 36.3. The monoisotopic (exact) mass is 860 g/mol. The molecule has 0 aromatic carbocycles. The zero-order chi connectivity index (χ0) is 44.9. The molecule has 0 aliphatic rings. The van der Waals surface area contributed by atoms with Crippen LogP contribution in [-0.4, -0.2) is 54.8 Å². The van der Waals surface area contributed by atoms with Gasteiger partial charge in [0.25, 0.3) is 0 Å². The van der Waals surface area contributed by atoms with Crippen molar-refractivity contribution in [2.45, 2.75) is 230 Å². The van der Waals surface area contributed by atoms with Crippen LogP contribution in [0.1, 0.15) is 218 Å². The third-order valence-electron chi connectivity index (χ3n) is 11.7. The van der Waals surface area contributed by atoms with Crippen molar-refractivity contribution in [2.75, 3.05) is 26.4 Å². The first-order valence-corrected chi connectivity index (χ1v) is 25.8. The van der Waals surface area contributed by atoms with E-state index in [9.17, 15) is 19.0 Å². The average molecular weight is 860 g/mol. The standard InChI is InChI=1S/C49H98NO8P/c1-38(2)20-14-22-40(5)24-16-26-42(7)28-18-30-44(9)34-47(51)55-36-46(37-57-59(53,54)56-33-32-50-49(11,12)13)58-48(52)35-45(10)31-19-29-43(8)27-17-25-41(6)23-15-21-39(3)4/h38-46,50H,14-37H2,1-13H3,(H,53,54). The van der Waals surface area contributed by atoms with Gasteiger partial charge in [0.2, 0.25) is 0 Å². The van der Waals surface area contributed by atoms with Gasteiger partial charge in [-0.1, -0.05) is 185 Å². The molecule has 8 atom stereocenters. The van der Waals surface area contributed by atoms with Gasteiger partial charge in [-0.05, 0) is 68.1 Å². The van der Waals surface area contributed by atoms with Gasteiger partial charge in [-0.3, -0.25) is 18.6 Å². The van der Waals surface area contributed by atoms with Crippen LogP contribution in [0.3, 0.4) is 0 Å². The van der Waals surface area contributed by atoms with Gasteiger partial charge in [0, 0.05) is 24.9 Å². The Labute approximate surface area is 365 Å². The van der Waals surface area contributed by atoms with Crippen molar-refractivity contribution >= 4 is 19.8 Å². The van der Waals surface area contributed by atoms with Crippen LogP contribution in [-0.2, 0) is 32.7 Å². The molecule has 0 spiro atoms. The summed E-state index contributed by atoms with van der Waals surface area (Å²) < 4.78 is 34.3. The molecule has 0 bridgehead atoms. The number of ether oxygens (including phenoxy) is 2. The molecule has 10 heteroatoms. The van der Waals surface area contributed by atoms with E-state index in [-0.39, 0.29) is 49.4 Å². The van der Waals surface area contributed by atoms with Crippen molar-refractivity contribution in [1.29, 1.82) is 0 Å². The number of carbonyl (C=O) groups is 2. The number of rotatable bonds is 38. The fourth-order valence-corrected chi connectivity index (χ4v) is 8.51. The van der Waals surface area contributed by atoms with Crippen molar-refractivity contribution in [3.8, 4) is 0 Å². The Morgan fingerprint density at radius 1 is 0.525 bits per heavy atom. The minimum atomic E-state index is -4.43. The average Bonchev–Trinajstić information content (AvgIpc) is 3.10. The van der Waals surface area contributed by atoms with Crippen LogP contribution in [0.25, 0.3) is 0 Å². The fraction of sp³-hybridized carbons (Fsp3) is 0.959. The van der Waals surface area contributed by atoms with Gasteiger partial charge in [0.05, 0.1) is 13.2 Å². The van der Waals surface area contributed by atoms with Crippen LogP contribution in [0.4, 0.5) is 0 Å². The molecule has 0 aromatic rings. The molecule has 0 amide bonds. The highest BCUT2D eigenvalue weighted by Crippen LogP contribution is 2.43. The van der Waals surface area contributed by atoms with E-state index in [4.69, 9.17) is 18.5 Å². The minimum absolute atomic E-state index is 0.0351. The number of nitrogens with one attached hydrogen (secondary N) is 1. The van der Waals surface area contributed by atoms with E-state index in [0.717, 1.165) is 62.2 Å². The molecule has 0 radical (unpaired) electrons. The van der Waals surface area contributed by atoms with Crippen molar-refractivity contribution in [3.63, 3.8) is 0 Å². The zero-order valence-corrected chi connectivity index (χ0v) is 41.8. The lowest BCUT2D eigenvalue weighted by Crippen LogP contribution is -2.37. The van der Waals surface area contributed by atoms with Crippen LogP contribution >= 0.6 is 7.82 Å². The molecule has 59 heavy (non-hydrogen) atoms. The van der Waals surface area contributed by atoms with Gasteiger partial charge in [0.15, 0.2) is 6.10 Å². The van der Waals surface area contributed by atoms with Gasteiger partial charge in [-0.25, -0.2) is 4.57 Å². The molecule has 2 N–H and O–H groups in total. The Morgan fingerprint density at radius 3 is 1.25 bits per heavy atom. The van der Waals surface area contributed by atoms with Gasteiger partial charge in [-0.2, -0.15) is 0 Å². The van der Waals surface area contributed by atoms with E-state index in [1.165, 1.54) is 77.0 Å². The van der Waals surface area contributed by atoms with E-state index >= 15 is 0 Å². The van der Waals surface area contributed by atoms with E-state index in [1.807, 2.05) is 20.8 Å². The summed E-state index contributed by atoms with van der Waals surface area (Å²) in [6, 6.07) is 0. The maximum atomic E-state index is 13.1. The molecule has 0 heterocycles. The predicted molar refractivity (Wildman–Crippen MR) is 247 cm³/mol. The highest BCUT2D eigenvalue weighted by Gasteiger charge is 2.27. The maximum absolute atomic E-state index is 13.1. The number of phosphoric acid groups is 1. The van der Waals surface area contributed by atoms with Crippen LogP contribution < -0.4 is 5.32 Å². The Kier molecular flexibility index (Phi) is 33.0. The predicted octanol–water partition coefficient (Wildman–Crippen LogP) is 13.9. The number of hydrogen-bond acceptors (Lipinski definition) is 8. The first kappa shape index (κ1) is 58.0. The molecular formula is C49H98NO8P. The van der Waals surface area contributed by atoms with Crippen molar-refractivity contribution in [3.05, 3.63) is 0 Å². The molecule has 9 nitrogen and oxygen atoms in total. The van der Waals surface area contributed by atoms with Gasteiger partial charge in [0.1, 0.15) is 6.61 Å². The first-order valence-electron chi connectivity index (χ1n) is 24.3. The summed E-state index contributed by atoms with van der Waals surface area (Å²) in [5, 5.41) is 3.19. The van der Waals surface area contributed by atoms with Crippen molar-refractivity contribution in [1.82, 2.24) is 5.32 Å². The number of hydrogen-bond donors (Lipinski definition) is 2. The quantitative estimate of drug-likeness (QED) is 0.0355. The lowest BCUT2D eigenvalue weighted by atomic mass is 9.91. The molecule has 0 aliphatic carbocycles. The molecule has 0 rings (SSSR count). The van der Waals surface area contributed by atoms with Gasteiger partial charge >= 0.3 is 19.8 Å². The molecular weight excluding hydrogens is 762 g/mol. The lowest BCUT2D eigenvalue weighted by Gasteiger charge is -2.22. The van der Waals surface area contributed by atoms with Gasteiger partial charge < -0.3 is 19.7 Å². The summed E-state index contributed by atoms with van der Waals surface area (Å²) in [6.07, 6.45) is 21.3. The minimum Gasteiger partial charge on any atom is -0.462 e. The summed E-state index contributed by atoms with van der Waals surface area (Å²) in [5.74, 6) is 3.97. The van der Waals surface area contributed by atoms with Crippen molar-refractivity contribution in [2.24, 2.45) is 47.3 Å². The largest absolute Gasteiger partial charge is 0.472 e. The molecule has 0 aromatic heterocycles. The Bertz CT molecular complexity index is 1090. The van der Waals surface area contributed by atoms with E-state index in [2.05, 4.69) is 74.6 Å². The Balaban J connectivity index is 4.85. The molecule has 0 aliphatic heterocycles. The highest BCUT2D eigenvalue weighted by molar-refractivity contribution is 7.47. The second kappa shape index (κ2) is 33.6. The lowest BCUT2D eigenvalue weighted by molar-refractivity contribution is -0.162. The second-order valence-electron chi connectivity index (χ2n) is 21.0. The van der Waals surface area contributed by atoms with Crippen LogP contribution in [0, 0.1) is 47.3 Å². The summed E-state index contributed by atoms with van der Waals surface area (Å²) in [6.45, 7) is 28.4. The van der Waals surface area contributed by atoms with Crippen molar-refractivity contribution < 1.29 is 37.6 Å². The zero-order valence-electron chi connectivity index (χ0n) is 40.9.